The summed E-state index contributed by atoms with van der Waals surface area (Å²) in [5, 5.41) is 0. The van der Waals surface area contributed by atoms with Crippen molar-refractivity contribution in [3.8, 4) is 5.88 Å². The summed E-state index contributed by atoms with van der Waals surface area (Å²) in [6.07, 6.45) is 2.45. The predicted octanol–water partition coefficient (Wildman–Crippen LogP) is 2.33. The lowest BCUT2D eigenvalue weighted by atomic mass is 10.3. The van der Waals surface area contributed by atoms with Crippen LogP contribution in [0.1, 0.15) is 20.3 Å². The van der Waals surface area contributed by atoms with Crippen LogP contribution in [0.25, 0.3) is 0 Å². The van der Waals surface area contributed by atoms with E-state index >= 15 is 0 Å². The normalized spacial score (nSPS) is 10.6. The number of methoxy groups -OCH3 is 1. The van der Waals surface area contributed by atoms with Gasteiger partial charge in [-0.25, -0.2) is 9.97 Å². The Kier molecular flexibility index (Phi) is 5.32. The Morgan fingerprint density at radius 2 is 2.19 bits per heavy atom. The Morgan fingerprint density at radius 3 is 2.75 bits per heavy atom. The van der Waals surface area contributed by atoms with E-state index in [2.05, 4.69) is 28.7 Å². The van der Waals surface area contributed by atoms with Crippen molar-refractivity contribution in [2.24, 2.45) is 0 Å². The zero-order valence-corrected chi connectivity index (χ0v) is 10.7. The van der Waals surface area contributed by atoms with Crippen molar-refractivity contribution < 1.29 is 4.74 Å². The number of anilines is 1. The average molecular weight is 244 g/mol. The highest BCUT2D eigenvalue weighted by atomic mass is 35.5. The quantitative estimate of drug-likeness (QED) is 0.719. The first-order chi connectivity index (χ1) is 7.69. The molecular formula is C11H18ClN3O. The number of ether oxygens (including phenoxy) is 1. The van der Waals surface area contributed by atoms with Gasteiger partial charge in [0.15, 0.2) is 0 Å². The van der Waals surface area contributed by atoms with Crippen LogP contribution < -0.4 is 9.64 Å². The van der Waals surface area contributed by atoms with E-state index in [1.165, 1.54) is 6.33 Å². The SMILES string of the molecule is COc1cc(N(CCCCl)C(C)C)ncn1. The van der Waals surface area contributed by atoms with Gasteiger partial charge in [-0.1, -0.05) is 0 Å². The summed E-state index contributed by atoms with van der Waals surface area (Å²) in [5.41, 5.74) is 0. The third-order valence-corrected chi connectivity index (χ3v) is 2.55. The lowest BCUT2D eigenvalue weighted by molar-refractivity contribution is 0.396. The highest BCUT2D eigenvalue weighted by molar-refractivity contribution is 6.17. The molecular weight excluding hydrogens is 226 g/mol. The van der Waals surface area contributed by atoms with Crippen LogP contribution in [-0.2, 0) is 0 Å². The number of halogens is 1. The molecule has 1 aromatic heterocycles. The standard InChI is InChI=1S/C11H18ClN3O/c1-9(2)15(6-4-5-12)10-7-11(16-3)14-8-13-10/h7-9H,4-6H2,1-3H3. The van der Waals surface area contributed by atoms with Gasteiger partial charge in [-0.2, -0.15) is 0 Å². The number of rotatable bonds is 6. The Morgan fingerprint density at radius 1 is 1.44 bits per heavy atom. The van der Waals surface area contributed by atoms with E-state index in [1.807, 2.05) is 6.07 Å². The van der Waals surface area contributed by atoms with Gasteiger partial charge in [-0.05, 0) is 20.3 Å². The highest BCUT2D eigenvalue weighted by Gasteiger charge is 2.12. The lowest BCUT2D eigenvalue weighted by Gasteiger charge is -2.27. The average Bonchev–Trinajstić information content (AvgIpc) is 2.29. The van der Waals surface area contributed by atoms with Crippen LogP contribution in [0.15, 0.2) is 12.4 Å². The van der Waals surface area contributed by atoms with Gasteiger partial charge in [0.2, 0.25) is 5.88 Å². The molecule has 5 heteroatoms. The number of hydrogen-bond donors (Lipinski definition) is 0. The maximum atomic E-state index is 5.71. The molecule has 0 saturated carbocycles. The van der Waals surface area contributed by atoms with Crippen LogP contribution in [0.4, 0.5) is 5.82 Å². The van der Waals surface area contributed by atoms with Crippen LogP contribution in [-0.4, -0.2) is 35.5 Å². The van der Waals surface area contributed by atoms with Gasteiger partial charge in [0.25, 0.3) is 0 Å². The van der Waals surface area contributed by atoms with Crippen molar-refractivity contribution in [3.63, 3.8) is 0 Å². The summed E-state index contributed by atoms with van der Waals surface area (Å²) in [4.78, 5) is 10.4. The summed E-state index contributed by atoms with van der Waals surface area (Å²) >= 11 is 5.71. The number of aromatic nitrogens is 2. The van der Waals surface area contributed by atoms with Crippen LogP contribution in [0, 0.1) is 0 Å². The monoisotopic (exact) mass is 243 g/mol. The van der Waals surface area contributed by atoms with Gasteiger partial charge in [-0.3, -0.25) is 0 Å². The summed E-state index contributed by atoms with van der Waals surface area (Å²) in [6.45, 7) is 5.15. The molecule has 4 nitrogen and oxygen atoms in total. The molecule has 0 fully saturated rings. The van der Waals surface area contributed by atoms with Crippen molar-refractivity contribution in [1.29, 1.82) is 0 Å². The second-order valence-corrected chi connectivity index (χ2v) is 4.13. The molecule has 1 heterocycles. The fourth-order valence-electron chi connectivity index (χ4n) is 1.47. The topological polar surface area (TPSA) is 38.2 Å². The van der Waals surface area contributed by atoms with E-state index in [4.69, 9.17) is 16.3 Å². The van der Waals surface area contributed by atoms with Crippen molar-refractivity contribution in [3.05, 3.63) is 12.4 Å². The number of alkyl halides is 1. The lowest BCUT2D eigenvalue weighted by Crippen LogP contribution is -2.32. The van der Waals surface area contributed by atoms with Crippen molar-refractivity contribution in [2.45, 2.75) is 26.3 Å². The zero-order chi connectivity index (χ0) is 12.0. The van der Waals surface area contributed by atoms with Crippen LogP contribution in [0.2, 0.25) is 0 Å². The van der Waals surface area contributed by atoms with Gasteiger partial charge in [0, 0.05) is 24.5 Å². The Labute approximate surface area is 102 Å². The van der Waals surface area contributed by atoms with Gasteiger partial charge >= 0.3 is 0 Å². The maximum Gasteiger partial charge on any atom is 0.218 e. The Hall–Kier alpha value is -1.03. The third kappa shape index (κ3) is 3.52. The molecule has 1 rings (SSSR count). The first-order valence-electron chi connectivity index (χ1n) is 5.37. The van der Waals surface area contributed by atoms with Crippen molar-refractivity contribution >= 4 is 17.4 Å². The molecule has 0 radical (unpaired) electrons. The minimum absolute atomic E-state index is 0.378. The highest BCUT2D eigenvalue weighted by Crippen LogP contribution is 2.18. The van der Waals surface area contributed by atoms with Crippen LogP contribution >= 0.6 is 11.6 Å². The minimum atomic E-state index is 0.378. The van der Waals surface area contributed by atoms with Crippen molar-refractivity contribution in [2.75, 3.05) is 24.4 Å². The number of hydrogen-bond acceptors (Lipinski definition) is 4. The van der Waals surface area contributed by atoms with Crippen molar-refractivity contribution in [1.82, 2.24) is 9.97 Å². The first-order valence-corrected chi connectivity index (χ1v) is 5.91. The second kappa shape index (κ2) is 6.53. The summed E-state index contributed by atoms with van der Waals surface area (Å²) in [6, 6.07) is 2.22. The molecule has 16 heavy (non-hydrogen) atoms. The molecule has 0 spiro atoms. The Bertz CT molecular complexity index is 320. The van der Waals surface area contributed by atoms with Gasteiger partial charge < -0.3 is 9.64 Å². The van der Waals surface area contributed by atoms with Crippen LogP contribution in [0.5, 0.6) is 5.88 Å². The first kappa shape index (κ1) is 13.0. The molecule has 0 amide bonds. The Balaban J connectivity index is 2.82. The minimum Gasteiger partial charge on any atom is -0.481 e. The van der Waals surface area contributed by atoms with Gasteiger partial charge in [0.1, 0.15) is 12.1 Å². The van der Waals surface area contributed by atoms with Gasteiger partial charge in [-0.15, -0.1) is 11.6 Å². The van der Waals surface area contributed by atoms with E-state index in [9.17, 15) is 0 Å². The summed E-state index contributed by atoms with van der Waals surface area (Å²) in [5.74, 6) is 2.12. The summed E-state index contributed by atoms with van der Waals surface area (Å²) in [7, 11) is 1.60. The molecule has 0 bridgehead atoms. The summed E-state index contributed by atoms with van der Waals surface area (Å²) < 4.78 is 5.09. The fourth-order valence-corrected chi connectivity index (χ4v) is 1.59. The largest absolute Gasteiger partial charge is 0.481 e. The molecule has 1 aromatic rings. The molecule has 0 aromatic carbocycles. The fraction of sp³-hybridized carbons (Fsp3) is 0.636. The molecule has 0 saturated heterocycles. The van der Waals surface area contributed by atoms with E-state index in [0.29, 0.717) is 17.8 Å². The predicted molar refractivity (Wildman–Crippen MR) is 66.4 cm³/mol. The molecule has 0 unspecified atom stereocenters. The van der Waals surface area contributed by atoms with Crippen LogP contribution in [0.3, 0.4) is 0 Å². The molecule has 0 N–H and O–H groups in total. The maximum absolute atomic E-state index is 5.71. The van der Waals surface area contributed by atoms with E-state index in [0.717, 1.165) is 18.8 Å². The number of nitrogens with zero attached hydrogens (tertiary/aromatic N) is 3. The van der Waals surface area contributed by atoms with E-state index in [1.54, 1.807) is 7.11 Å². The smallest absolute Gasteiger partial charge is 0.218 e. The second-order valence-electron chi connectivity index (χ2n) is 3.75. The molecule has 0 aliphatic heterocycles. The van der Waals surface area contributed by atoms with E-state index in [-0.39, 0.29) is 0 Å². The molecule has 0 aliphatic rings. The third-order valence-electron chi connectivity index (χ3n) is 2.29. The zero-order valence-electron chi connectivity index (χ0n) is 9.98. The molecule has 0 atom stereocenters. The van der Waals surface area contributed by atoms with Gasteiger partial charge in [0.05, 0.1) is 7.11 Å². The molecule has 0 aliphatic carbocycles. The molecule has 90 valence electrons. The van der Waals surface area contributed by atoms with E-state index < -0.39 is 0 Å².